The third kappa shape index (κ3) is 1.99. The zero-order valence-corrected chi connectivity index (χ0v) is 10.1. The Morgan fingerprint density at radius 1 is 1.24 bits per heavy atom. The van der Waals surface area contributed by atoms with Gasteiger partial charge >= 0.3 is 0 Å². The summed E-state index contributed by atoms with van der Waals surface area (Å²) in [5, 5.41) is 0. The molecule has 0 unspecified atom stereocenters. The predicted molar refractivity (Wildman–Crippen MR) is 64.7 cm³/mol. The average molecular weight is 233 g/mol. The lowest BCUT2D eigenvalue weighted by molar-refractivity contribution is 0.0362. The van der Waals surface area contributed by atoms with E-state index in [2.05, 4.69) is 4.90 Å². The summed E-state index contributed by atoms with van der Waals surface area (Å²) in [6.07, 6.45) is 9.10. The first-order chi connectivity index (χ1) is 8.36. The molecule has 1 amide bonds. The standard InChI is InChI=1S/C14H19NO2/c16-14(13-8-4-10-17-13)15-9-3-6-11-5-1-2-7-12(11)15/h4,8,10-12H,1-3,5-7,9H2/t11-,12+/m0/s1. The largest absolute Gasteiger partial charge is 0.459 e. The second-order valence-corrected chi connectivity index (χ2v) is 5.23. The van der Waals surface area contributed by atoms with Gasteiger partial charge in [0.15, 0.2) is 5.76 Å². The number of piperidine rings is 1. The van der Waals surface area contributed by atoms with Crippen molar-refractivity contribution in [2.24, 2.45) is 5.92 Å². The summed E-state index contributed by atoms with van der Waals surface area (Å²) in [5.41, 5.74) is 0. The van der Waals surface area contributed by atoms with Crippen molar-refractivity contribution in [3.05, 3.63) is 24.2 Å². The Morgan fingerprint density at radius 2 is 2.06 bits per heavy atom. The Labute approximate surface area is 102 Å². The number of hydrogen-bond donors (Lipinski definition) is 0. The predicted octanol–water partition coefficient (Wildman–Crippen LogP) is 3.07. The molecule has 3 heteroatoms. The molecule has 1 aromatic heterocycles. The first-order valence-corrected chi connectivity index (χ1v) is 6.71. The van der Waals surface area contributed by atoms with Crippen LogP contribution in [0.15, 0.2) is 22.8 Å². The molecule has 0 aromatic carbocycles. The van der Waals surface area contributed by atoms with Crippen molar-refractivity contribution in [2.45, 2.75) is 44.6 Å². The van der Waals surface area contributed by atoms with E-state index in [1.54, 1.807) is 18.4 Å². The molecule has 17 heavy (non-hydrogen) atoms. The number of carbonyl (C=O) groups excluding carboxylic acids is 1. The highest BCUT2D eigenvalue weighted by Gasteiger charge is 2.36. The van der Waals surface area contributed by atoms with Crippen molar-refractivity contribution < 1.29 is 9.21 Å². The van der Waals surface area contributed by atoms with Gasteiger partial charge in [0.1, 0.15) is 0 Å². The number of fused-ring (bicyclic) bond motifs is 1. The van der Waals surface area contributed by atoms with E-state index in [0.717, 1.165) is 18.9 Å². The fourth-order valence-electron chi connectivity index (χ4n) is 3.42. The van der Waals surface area contributed by atoms with Gasteiger partial charge < -0.3 is 9.32 Å². The van der Waals surface area contributed by atoms with Crippen molar-refractivity contribution >= 4 is 5.91 Å². The van der Waals surface area contributed by atoms with E-state index in [0.29, 0.717) is 11.8 Å². The SMILES string of the molecule is O=C(c1ccco1)N1CCC[C@@H]2CCCC[C@H]21. The summed E-state index contributed by atoms with van der Waals surface area (Å²) in [7, 11) is 0. The molecule has 0 N–H and O–H groups in total. The minimum absolute atomic E-state index is 0.0894. The third-order valence-electron chi connectivity index (χ3n) is 4.24. The molecule has 2 atom stereocenters. The van der Waals surface area contributed by atoms with E-state index in [4.69, 9.17) is 4.42 Å². The third-order valence-corrected chi connectivity index (χ3v) is 4.24. The van der Waals surface area contributed by atoms with Gasteiger partial charge in [0.2, 0.25) is 0 Å². The molecule has 1 saturated carbocycles. The average Bonchev–Trinajstić information content (AvgIpc) is 2.91. The number of furan rings is 1. The van der Waals surface area contributed by atoms with E-state index in [1.807, 2.05) is 0 Å². The first-order valence-electron chi connectivity index (χ1n) is 6.71. The number of nitrogens with zero attached hydrogens (tertiary/aromatic N) is 1. The topological polar surface area (TPSA) is 33.5 Å². The second-order valence-electron chi connectivity index (χ2n) is 5.23. The van der Waals surface area contributed by atoms with Crippen LogP contribution in [0.25, 0.3) is 0 Å². The van der Waals surface area contributed by atoms with Gasteiger partial charge in [-0.25, -0.2) is 0 Å². The molecule has 3 nitrogen and oxygen atoms in total. The highest BCUT2D eigenvalue weighted by atomic mass is 16.3. The summed E-state index contributed by atoms with van der Waals surface area (Å²) in [6, 6.07) is 4.03. The van der Waals surface area contributed by atoms with Crippen LogP contribution in [0.2, 0.25) is 0 Å². The van der Waals surface area contributed by atoms with Crippen LogP contribution in [0, 0.1) is 5.92 Å². The molecule has 1 saturated heterocycles. The van der Waals surface area contributed by atoms with Gasteiger partial charge in [0, 0.05) is 12.6 Å². The van der Waals surface area contributed by atoms with Gasteiger partial charge in [0.25, 0.3) is 5.91 Å². The molecule has 2 aliphatic rings. The quantitative estimate of drug-likeness (QED) is 0.747. The van der Waals surface area contributed by atoms with Crippen LogP contribution in [0.3, 0.4) is 0 Å². The Morgan fingerprint density at radius 3 is 2.88 bits per heavy atom. The minimum Gasteiger partial charge on any atom is -0.459 e. The lowest BCUT2D eigenvalue weighted by atomic mass is 9.78. The first kappa shape index (κ1) is 10.9. The maximum Gasteiger partial charge on any atom is 0.289 e. The molecular formula is C14H19NO2. The molecule has 3 rings (SSSR count). The summed E-state index contributed by atoms with van der Waals surface area (Å²) < 4.78 is 5.24. The fourth-order valence-corrected chi connectivity index (χ4v) is 3.42. The van der Waals surface area contributed by atoms with E-state index in [1.165, 1.54) is 32.1 Å². The van der Waals surface area contributed by atoms with Crippen LogP contribution in [-0.4, -0.2) is 23.4 Å². The van der Waals surface area contributed by atoms with Crippen molar-refractivity contribution in [1.29, 1.82) is 0 Å². The fraction of sp³-hybridized carbons (Fsp3) is 0.643. The lowest BCUT2D eigenvalue weighted by Crippen LogP contribution is -2.49. The Hall–Kier alpha value is -1.25. The smallest absolute Gasteiger partial charge is 0.289 e. The number of hydrogen-bond acceptors (Lipinski definition) is 2. The summed E-state index contributed by atoms with van der Waals surface area (Å²) in [6.45, 7) is 0.903. The molecule has 0 radical (unpaired) electrons. The Balaban J connectivity index is 1.79. The number of amides is 1. The number of rotatable bonds is 1. The number of likely N-dealkylation sites (tertiary alicyclic amines) is 1. The molecule has 1 aliphatic carbocycles. The van der Waals surface area contributed by atoms with E-state index in [-0.39, 0.29) is 5.91 Å². The molecule has 0 spiro atoms. The van der Waals surface area contributed by atoms with E-state index in [9.17, 15) is 4.79 Å². The minimum atomic E-state index is 0.0894. The molecule has 1 aliphatic heterocycles. The maximum absolute atomic E-state index is 12.3. The van der Waals surface area contributed by atoms with Crippen LogP contribution < -0.4 is 0 Å². The van der Waals surface area contributed by atoms with Crippen molar-refractivity contribution in [1.82, 2.24) is 4.90 Å². The Kier molecular flexibility index (Phi) is 2.91. The molecule has 2 heterocycles. The summed E-state index contributed by atoms with van der Waals surface area (Å²) >= 11 is 0. The van der Waals surface area contributed by atoms with Gasteiger partial charge in [-0.15, -0.1) is 0 Å². The van der Waals surface area contributed by atoms with E-state index < -0.39 is 0 Å². The molecule has 2 fully saturated rings. The molecule has 0 bridgehead atoms. The van der Waals surface area contributed by atoms with Crippen LogP contribution in [0.5, 0.6) is 0 Å². The van der Waals surface area contributed by atoms with Crippen LogP contribution in [0.4, 0.5) is 0 Å². The highest BCUT2D eigenvalue weighted by molar-refractivity contribution is 5.91. The van der Waals surface area contributed by atoms with Gasteiger partial charge in [-0.05, 0) is 43.7 Å². The number of carbonyl (C=O) groups is 1. The normalized spacial score (nSPS) is 28.8. The summed E-state index contributed by atoms with van der Waals surface area (Å²) in [5.74, 6) is 1.32. The van der Waals surface area contributed by atoms with Gasteiger partial charge in [-0.1, -0.05) is 12.8 Å². The van der Waals surface area contributed by atoms with Gasteiger partial charge in [0.05, 0.1) is 6.26 Å². The van der Waals surface area contributed by atoms with E-state index >= 15 is 0 Å². The molecular weight excluding hydrogens is 214 g/mol. The van der Waals surface area contributed by atoms with Crippen LogP contribution >= 0.6 is 0 Å². The maximum atomic E-state index is 12.3. The zero-order valence-electron chi connectivity index (χ0n) is 10.1. The highest BCUT2D eigenvalue weighted by Crippen LogP contribution is 2.35. The van der Waals surface area contributed by atoms with Crippen LogP contribution in [0.1, 0.15) is 49.1 Å². The van der Waals surface area contributed by atoms with Crippen molar-refractivity contribution in [3.63, 3.8) is 0 Å². The molecule has 92 valence electrons. The summed E-state index contributed by atoms with van der Waals surface area (Å²) in [4.78, 5) is 14.4. The van der Waals surface area contributed by atoms with Gasteiger partial charge in [-0.2, -0.15) is 0 Å². The monoisotopic (exact) mass is 233 g/mol. The van der Waals surface area contributed by atoms with Crippen molar-refractivity contribution in [2.75, 3.05) is 6.54 Å². The lowest BCUT2D eigenvalue weighted by Gasteiger charge is -2.43. The van der Waals surface area contributed by atoms with Crippen molar-refractivity contribution in [3.8, 4) is 0 Å². The second kappa shape index (κ2) is 4.55. The van der Waals surface area contributed by atoms with Crippen LogP contribution in [-0.2, 0) is 0 Å². The Bertz CT molecular complexity index is 383. The molecule has 1 aromatic rings. The zero-order chi connectivity index (χ0) is 11.7. The van der Waals surface area contributed by atoms with Gasteiger partial charge in [-0.3, -0.25) is 4.79 Å².